The predicted octanol–water partition coefficient (Wildman–Crippen LogP) is 4.47. The van der Waals surface area contributed by atoms with E-state index >= 15 is 0 Å². The van der Waals surface area contributed by atoms with E-state index in [1.807, 2.05) is 0 Å². The zero-order chi connectivity index (χ0) is 21.2. The van der Waals surface area contributed by atoms with E-state index in [-0.39, 0.29) is 21.4 Å². The lowest BCUT2D eigenvalue weighted by Gasteiger charge is -2.28. The molecule has 154 valence electrons. The van der Waals surface area contributed by atoms with Crippen molar-refractivity contribution < 1.29 is 27.6 Å². The molecule has 0 bridgehead atoms. The van der Waals surface area contributed by atoms with Crippen LogP contribution in [0.25, 0.3) is 0 Å². The highest BCUT2D eigenvalue weighted by Crippen LogP contribution is 2.36. The van der Waals surface area contributed by atoms with E-state index in [9.17, 15) is 28.1 Å². The Bertz CT molecular complexity index is 946. The van der Waals surface area contributed by atoms with Crippen LogP contribution in [0.2, 0.25) is 0 Å². The van der Waals surface area contributed by atoms with Crippen LogP contribution in [0.4, 0.5) is 30.2 Å². The van der Waals surface area contributed by atoms with Crippen molar-refractivity contribution in [1.82, 2.24) is 0 Å². The van der Waals surface area contributed by atoms with E-state index in [4.69, 9.17) is 4.74 Å². The van der Waals surface area contributed by atoms with Gasteiger partial charge in [-0.1, -0.05) is 15.9 Å². The molecule has 0 atom stereocenters. The third-order valence-electron chi connectivity index (χ3n) is 4.32. The number of amides is 1. The predicted molar refractivity (Wildman–Crippen MR) is 103 cm³/mol. The van der Waals surface area contributed by atoms with E-state index in [1.165, 1.54) is 24.3 Å². The Morgan fingerprint density at radius 3 is 2.48 bits per heavy atom. The van der Waals surface area contributed by atoms with E-state index in [2.05, 4.69) is 21.2 Å². The number of benzene rings is 2. The number of hydrogen-bond donors (Lipinski definition) is 1. The number of carbonyl (C=O) groups is 1. The van der Waals surface area contributed by atoms with Crippen LogP contribution in [0.3, 0.4) is 0 Å². The van der Waals surface area contributed by atoms with Gasteiger partial charge in [0.2, 0.25) is 0 Å². The van der Waals surface area contributed by atoms with Crippen molar-refractivity contribution in [2.24, 2.45) is 0 Å². The summed E-state index contributed by atoms with van der Waals surface area (Å²) in [4.78, 5) is 25.1. The summed E-state index contributed by atoms with van der Waals surface area (Å²) in [5.74, 6) is -0.753. The molecular weight excluding hydrogens is 459 g/mol. The first-order valence-electron chi connectivity index (χ1n) is 8.46. The van der Waals surface area contributed by atoms with Crippen LogP contribution in [-0.4, -0.2) is 37.1 Å². The number of rotatable bonds is 4. The number of nitro groups is 1. The molecule has 1 fully saturated rings. The SMILES string of the molecule is O=C(Nc1ccc(Br)c(C(F)(F)F)c1)c1ccc(N2CCOCC2)c([N+](=O)[O-])c1. The number of nitrogens with one attached hydrogen (secondary N) is 1. The molecule has 0 aromatic heterocycles. The number of nitro benzene ring substituents is 1. The standard InChI is InChI=1S/C18H15BrF3N3O4/c19-14-3-2-12(10-13(14)18(20,21)22)23-17(26)11-1-4-15(16(9-11)25(27)28)24-5-7-29-8-6-24/h1-4,9-10H,5-8H2,(H,23,26). The van der Waals surface area contributed by atoms with Gasteiger partial charge in [-0.3, -0.25) is 14.9 Å². The molecule has 2 aromatic rings. The minimum Gasteiger partial charge on any atom is -0.378 e. The zero-order valence-electron chi connectivity index (χ0n) is 14.8. The average Bonchev–Trinajstić information content (AvgIpc) is 2.68. The molecule has 1 N–H and O–H groups in total. The molecular formula is C18H15BrF3N3O4. The molecule has 1 aliphatic heterocycles. The molecule has 1 amide bonds. The summed E-state index contributed by atoms with van der Waals surface area (Å²) in [5.41, 5.74) is -0.955. The Balaban J connectivity index is 1.86. The van der Waals surface area contributed by atoms with Gasteiger partial charge in [0, 0.05) is 34.9 Å². The van der Waals surface area contributed by atoms with Gasteiger partial charge in [-0.25, -0.2) is 0 Å². The molecule has 0 saturated carbocycles. The maximum Gasteiger partial charge on any atom is 0.417 e. The number of anilines is 2. The molecule has 1 aliphatic rings. The van der Waals surface area contributed by atoms with E-state index in [1.54, 1.807) is 4.90 Å². The summed E-state index contributed by atoms with van der Waals surface area (Å²) in [5, 5.41) is 13.8. The average molecular weight is 474 g/mol. The molecule has 2 aromatic carbocycles. The van der Waals surface area contributed by atoms with Crippen molar-refractivity contribution >= 4 is 38.9 Å². The Kier molecular flexibility index (Phi) is 6.08. The first-order valence-corrected chi connectivity index (χ1v) is 9.25. The quantitative estimate of drug-likeness (QED) is 0.523. The number of morpholine rings is 1. The fourth-order valence-corrected chi connectivity index (χ4v) is 3.38. The Morgan fingerprint density at radius 1 is 1.17 bits per heavy atom. The topological polar surface area (TPSA) is 84.7 Å². The van der Waals surface area contributed by atoms with Crippen LogP contribution in [0.5, 0.6) is 0 Å². The molecule has 0 radical (unpaired) electrons. The van der Waals surface area contributed by atoms with Crippen molar-refractivity contribution in [3.05, 3.63) is 62.1 Å². The second-order valence-electron chi connectivity index (χ2n) is 6.21. The van der Waals surface area contributed by atoms with Gasteiger partial charge in [-0.05, 0) is 30.3 Å². The summed E-state index contributed by atoms with van der Waals surface area (Å²) >= 11 is 2.83. The number of hydrogen-bond acceptors (Lipinski definition) is 5. The monoisotopic (exact) mass is 473 g/mol. The molecule has 3 rings (SSSR count). The van der Waals surface area contributed by atoms with Crippen molar-refractivity contribution in [1.29, 1.82) is 0 Å². The molecule has 0 spiro atoms. The first kappa shape index (κ1) is 21.1. The van der Waals surface area contributed by atoms with Gasteiger partial charge in [-0.15, -0.1) is 0 Å². The zero-order valence-corrected chi connectivity index (χ0v) is 16.4. The molecule has 0 unspecified atom stereocenters. The number of nitrogens with zero attached hydrogens (tertiary/aromatic N) is 2. The second kappa shape index (κ2) is 8.37. The highest BCUT2D eigenvalue weighted by molar-refractivity contribution is 9.10. The van der Waals surface area contributed by atoms with Gasteiger partial charge in [0.25, 0.3) is 11.6 Å². The molecule has 1 heterocycles. The first-order chi connectivity index (χ1) is 13.7. The number of ether oxygens (including phenoxy) is 1. The summed E-state index contributed by atoms with van der Waals surface area (Å²) in [6.07, 6.45) is -4.60. The third kappa shape index (κ3) is 4.85. The highest BCUT2D eigenvalue weighted by Gasteiger charge is 2.33. The summed E-state index contributed by atoms with van der Waals surface area (Å²) < 4.78 is 44.1. The molecule has 11 heteroatoms. The molecule has 7 nitrogen and oxygen atoms in total. The second-order valence-corrected chi connectivity index (χ2v) is 7.06. The lowest BCUT2D eigenvalue weighted by atomic mass is 10.1. The highest BCUT2D eigenvalue weighted by atomic mass is 79.9. The maximum absolute atomic E-state index is 13.0. The fourth-order valence-electron chi connectivity index (χ4n) is 2.91. The number of halogens is 4. The normalized spacial score (nSPS) is 14.6. The Morgan fingerprint density at radius 2 is 1.86 bits per heavy atom. The number of carbonyl (C=O) groups excluding carboxylic acids is 1. The summed E-state index contributed by atoms with van der Waals surface area (Å²) in [7, 11) is 0. The van der Waals surface area contributed by atoms with Gasteiger partial charge in [0.05, 0.1) is 23.7 Å². The summed E-state index contributed by atoms with van der Waals surface area (Å²) in [6.45, 7) is 1.83. The minimum atomic E-state index is -4.60. The largest absolute Gasteiger partial charge is 0.417 e. The van der Waals surface area contributed by atoms with Crippen LogP contribution in [0, 0.1) is 10.1 Å². The van der Waals surface area contributed by atoms with Crippen molar-refractivity contribution in [2.75, 3.05) is 36.5 Å². The minimum absolute atomic E-state index is 0.0369. The lowest BCUT2D eigenvalue weighted by Crippen LogP contribution is -2.36. The smallest absolute Gasteiger partial charge is 0.378 e. The van der Waals surface area contributed by atoms with Crippen LogP contribution < -0.4 is 10.2 Å². The number of alkyl halides is 3. The van der Waals surface area contributed by atoms with Crippen LogP contribution in [0.15, 0.2) is 40.9 Å². The molecule has 29 heavy (non-hydrogen) atoms. The van der Waals surface area contributed by atoms with E-state index in [0.29, 0.717) is 32.0 Å². The van der Waals surface area contributed by atoms with Crippen LogP contribution in [-0.2, 0) is 10.9 Å². The summed E-state index contributed by atoms with van der Waals surface area (Å²) in [6, 6.07) is 7.23. The lowest BCUT2D eigenvalue weighted by molar-refractivity contribution is -0.384. The Labute approximate surface area is 171 Å². The van der Waals surface area contributed by atoms with Crippen molar-refractivity contribution in [3.63, 3.8) is 0 Å². The van der Waals surface area contributed by atoms with Crippen LogP contribution >= 0.6 is 15.9 Å². The third-order valence-corrected chi connectivity index (χ3v) is 5.01. The van der Waals surface area contributed by atoms with E-state index < -0.39 is 22.6 Å². The maximum atomic E-state index is 13.0. The Hall–Kier alpha value is -2.66. The van der Waals surface area contributed by atoms with Gasteiger partial charge in [-0.2, -0.15) is 13.2 Å². The molecule has 1 saturated heterocycles. The van der Waals surface area contributed by atoms with Crippen molar-refractivity contribution in [3.8, 4) is 0 Å². The van der Waals surface area contributed by atoms with E-state index in [0.717, 1.165) is 12.1 Å². The van der Waals surface area contributed by atoms with Gasteiger partial charge in [0.15, 0.2) is 0 Å². The van der Waals surface area contributed by atoms with Gasteiger partial charge in [0.1, 0.15) is 5.69 Å². The van der Waals surface area contributed by atoms with Crippen molar-refractivity contribution in [2.45, 2.75) is 6.18 Å². The fraction of sp³-hybridized carbons (Fsp3) is 0.278. The van der Waals surface area contributed by atoms with Gasteiger partial charge < -0.3 is 15.0 Å². The molecule has 0 aliphatic carbocycles. The van der Waals surface area contributed by atoms with Gasteiger partial charge >= 0.3 is 6.18 Å². The van der Waals surface area contributed by atoms with Crippen LogP contribution in [0.1, 0.15) is 15.9 Å².